The lowest BCUT2D eigenvalue weighted by molar-refractivity contribution is 0.0951. The number of hydrogen-bond acceptors (Lipinski definition) is 3. The fraction of sp³-hybridized carbons (Fsp3) is 0.765. The van der Waals surface area contributed by atoms with Gasteiger partial charge in [0, 0.05) is 31.2 Å². The summed E-state index contributed by atoms with van der Waals surface area (Å²) in [6.45, 7) is 7.68. The van der Waals surface area contributed by atoms with Crippen molar-refractivity contribution in [1.29, 1.82) is 0 Å². The molecule has 122 valence electrons. The number of aromatic nitrogens is 2. The molecule has 0 bridgehead atoms. The maximum absolute atomic E-state index is 12.0. The van der Waals surface area contributed by atoms with Crippen LogP contribution in [0.5, 0.6) is 0 Å². The molecule has 0 aromatic carbocycles. The summed E-state index contributed by atoms with van der Waals surface area (Å²) in [4.78, 5) is 22.7. The lowest BCUT2D eigenvalue weighted by Gasteiger charge is -2.36. The molecular weight excluding hydrogens is 276 g/mol. The van der Waals surface area contributed by atoms with E-state index in [4.69, 9.17) is 0 Å². The monoisotopic (exact) mass is 304 g/mol. The van der Waals surface area contributed by atoms with Gasteiger partial charge in [-0.1, -0.05) is 20.3 Å². The largest absolute Gasteiger partial charge is 0.351 e. The second-order valence-corrected chi connectivity index (χ2v) is 7.11. The molecule has 1 fully saturated rings. The van der Waals surface area contributed by atoms with E-state index in [1.54, 1.807) is 0 Å². The van der Waals surface area contributed by atoms with Crippen LogP contribution in [0, 0.1) is 5.92 Å². The van der Waals surface area contributed by atoms with E-state index in [1.165, 1.54) is 25.8 Å². The van der Waals surface area contributed by atoms with Gasteiger partial charge >= 0.3 is 0 Å². The first-order chi connectivity index (χ1) is 10.6. The Morgan fingerprint density at radius 1 is 1.32 bits per heavy atom. The zero-order chi connectivity index (χ0) is 15.5. The number of hydrogen-bond donors (Lipinski definition) is 2. The smallest absolute Gasteiger partial charge is 0.271 e. The summed E-state index contributed by atoms with van der Waals surface area (Å²) in [6.07, 6.45) is 6.70. The molecule has 0 aliphatic carbocycles. The van der Waals surface area contributed by atoms with Crippen molar-refractivity contribution < 1.29 is 4.79 Å². The van der Waals surface area contributed by atoms with E-state index in [1.807, 2.05) is 0 Å². The summed E-state index contributed by atoms with van der Waals surface area (Å²) in [5, 5.41) is 2.92. The number of H-pyrrole nitrogens is 1. The Hall–Kier alpha value is -1.36. The Morgan fingerprint density at radius 2 is 2.18 bits per heavy atom. The average molecular weight is 304 g/mol. The van der Waals surface area contributed by atoms with Gasteiger partial charge in [-0.2, -0.15) is 0 Å². The molecule has 3 rings (SSSR count). The average Bonchev–Trinajstić information content (AvgIpc) is 2.80. The van der Waals surface area contributed by atoms with Gasteiger partial charge in [0.1, 0.15) is 11.5 Å². The lowest BCUT2D eigenvalue weighted by Crippen LogP contribution is -2.43. The Balaban J connectivity index is 1.71. The number of nitrogens with one attached hydrogen (secondary N) is 2. The number of fused-ring (bicyclic) bond motifs is 1. The molecule has 5 nitrogen and oxygen atoms in total. The normalized spacial score (nSPS) is 23.2. The third-order valence-corrected chi connectivity index (χ3v) is 4.71. The second-order valence-electron chi connectivity index (χ2n) is 7.11. The van der Waals surface area contributed by atoms with Crippen molar-refractivity contribution in [3.63, 3.8) is 0 Å². The third-order valence-electron chi connectivity index (χ3n) is 4.71. The van der Waals surface area contributed by atoms with Crippen LogP contribution in [0.15, 0.2) is 0 Å². The van der Waals surface area contributed by atoms with Crippen LogP contribution in [0.4, 0.5) is 0 Å². The predicted octanol–water partition coefficient (Wildman–Crippen LogP) is 2.14. The van der Waals surface area contributed by atoms with Crippen LogP contribution in [0.1, 0.15) is 61.5 Å². The van der Waals surface area contributed by atoms with Gasteiger partial charge in [0.15, 0.2) is 0 Å². The van der Waals surface area contributed by atoms with Crippen LogP contribution < -0.4 is 5.32 Å². The molecule has 2 aliphatic rings. The predicted molar refractivity (Wildman–Crippen MR) is 87.0 cm³/mol. The van der Waals surface area contributed by atoms with Gasteiger partial charge < -0.3 is 10.3 Å². The maximum Gasteiger partial charge on any atom is 0.271 e. The van der Waals surface area contributed by atoms with Gasteiger partial charge in [-0.3, -0.25) is 9.69 Å². The standard InChI is InChI=1S/C17H28N4O/c1-12(2)11-21-9-4-3-6-13(21)10-15-19-14-7-5-8-18-17(22)16(14)20-15/h12-13H,3-11H2,1-2H3,(H,18,22)(H,19,20)/t13-/m1/s1. The van der Waals surface area contributed by atoms with Crippen molar-refractivity contribution in [3.05, 3.63) is 17.2 Å². The fourth-order valence-electron chi connectivity index (χ4n) is 3.70. The summed E-state index contributed by atoms with van der Waals surface area (Å²) in [5.74, 6) is 1.67. The molecule has 1 amide bonds. The van der Waals surface area contributed by atoms with E-state index in [0.717, 1.165) is 43.9 Å². The molecule has 3 heterocycles. The molecule has 2 N–H and O–H groups in total. The number of carbonyl (C=O) groups excluding carboxylic acids is 1. The van der Waals surface area contributed by atoms with E-state index in [2.05, 4.69) is 34.0 Å². The highest BCUT2D eigenvalue weighted by Gasteiger charge is 2.26. The number of nitrogens with zero attached hydrogens (tertiary/aromatic N) is 2. The molecule has 0 radical (unpaired) electrons. The Bertz CT molecular complexity index is 523. The summed E-state index contributed by atoms with van der Waals surface area (Å²) in [6, 6.07) is 0.564. The minimum Gasteiger partial charge on any atom is -0.351 e. The molecular formula is C17H28N4O. The minimum atomic E-state index is -0.0160. The molecule has 1 atom stereocenters. The molecule has 1 aromatic heterocycles. The van der Waals surface area contributed by atoms with Crippen molar-refractivity contribution in [3.8, 4) is 0 Å². The number of aryl methyl sites for hydroxylation is 1. The number of rotatable bonds is 4. The first kappa shape index (κ1) is 15.5. The third kappa shape index (κ3) is 3.51. The van der Waals surface area contributed by atoms with E-state index in [0.29, 0.717) is 17.7 Å². The van der Waals surface area contributed by atoms with Crippen LogP contribution in [0.25, 0.3) is 0 Å². The number of aromatic amines is 1. The zero-order valence-electron chi connectivity index (χ0n) is 13.8. The van der Waals surface area contributed by atoms with Gasteiger partial charge in [-0.05, 0) is 38.1 Å². The molecule has 0 saturated carbocycles. The molecule has 0 unspecified atom stereocenters. The molecule has 0 spiro atoms. The van der Waals surface area contributed by atoms with Crippen LogP contribution in [0.3, 0.4) is 0 Å². The van der Waals surface area contributed by atoms with Gasteiger partial charge in [0.05, 0.1) is 0 Å². The summed E-state index contributed by atoms with van der Waals surface area (Å²) < 4.78 is 0. The van der Waals surface area contributed by atoms with E-state index in [-0.39, 0.29) is 5.91 Å². The van der Waals surface area contributed by atoms with Crippen molar-refractivity contribution in [2.45, 2.75) is 58.4 Å². The van der Waals surface area contributed by atoms with Crippen LogP contribution in [0.2, 0.25) is 0 Å². The number of likely N-dealkylation sites (tertiary alicyclic amines) is 1. The Morgan fingerprint density at radius 3 is 3.00 bits per heavy atom. The van der Waals surface area contributed by atoms with Crippen molar-refractivity contribution in [1.82, 2.24) is 20.2 Å². The SMILES string of the molecule is CC(C)CN1CCCC[C@@H]1Cc1nc2c([nH]1)CCCNC2=O. The molecule has 1 saturated heterocycles. The van der Waals surface area contributed by atoms with Gasteiger partial charge in [0.25, 0.3) is 5.91 Å². The topological polar surface area (TPSA) is 61.0 Å². The minimum absolute atomic E-state index is 0.0160. The van der Waals surface area contributed by atoms with Crippen molar-refractivity contribution in [2.24, 2.45) is 5.92 Å². The van der Waals surface area contributed by atoms with Gasteiger partial charge in [0.2, 0.25) is 0 Å². The van der Waals surface area contributed by atoms with E-state index >= 15 is 0 Å². The summed E-state index contributed by atoms with van der Waals surface area (Å²) >= 11 is 0. The van der Waals surface area contributed by atoms with Crippen LogP contribution in [-0.2, 0) is 12.8 Å². The van der Waals surface area contributed by atoms with Crippen LogP contribution >= 0.6 is 0 Å². The van der Waals surface area contributed by atoms with E-state index < -0.39 is 0 Å². The van der Waals surface area contributed by atoms with Crippen molar-refractivity contribution in [2.75, 3.05) is 19.6 Å². The second kappa shape index (κ2) is 6.82. The Kier molecular flexibility index (Phi) is 4.81. The quantitative estimate of drug-likeness (QED) is 0.896. The van der Waals surface area contributed by atoms with E-state index in [9.17, 15) is 4.79 Å². The molecule has 5 heteroatoms. The summed E-state index contributed by atoms with van der Waals surface area (Å²) in [7, 11) is 0. The van der Waals surface area contributed by atoms with Gasteiger partial charge in [-0.25, -0.2) is 4.98 Å². The summed E-state index contributed by atoms with van der Waals surface area (Å²) in [5.41, 5.74) is 1.65. The first-order valence-corrected chi connectivity index (χ1v) is 8.73. The lowest BCUT2D eigenvalue weighted by atomic mass is 9.98. The highest BCUT2D eigenvalue weighted by molar-refractivity contribution is 5.93. The zero-order valence-corrected chi connectivity index (χ0v) is 13.8. The van der Waals surface area contributed by atoms with Crippen LogP contribution in [-0.4, -0.2) is 46.5 Å². The molecule has 2 aliphatic heterocycles. The highest BCUT2D eigenvalue weighted by atomic mass is 16.1. The number of piperidine rings is 1. The number of amides is 1. The fourth-order valence-corrected chi connectivity index (χ4v) is 3.70. The number of imidazole rings is 1. The first-order valence-electron chi connectivity index (χ1n) is 8.73. The Labute approximate surface area is 132 Å². The number of carbonyl (C=O) groups is 1. The molecule has 1 aromatic rings. The molecule has 22 heavy (non-hydrogen) atoms. The maximum atomic E-state index is 12.0. The van der Waals surface area contributed by atoms with Gasteiger partial charge in [-0.15, -0.1) is 0 Å². The highest BCUT2D eigenvalue weighted by Crippen LogP contribution is 2.22. The van der Waals surface area contributed by atoms with Crippen molar-refractivity contribution >= 4 is 5.91 Å².